The van der Waals surface area contributed by atoms with Gasteiger partial charge in [0.05, 0.1) is 23.8 Å². The largest absolute Gasteiger partial charge is 0.490 e. The van der Waals surface area contributed by atoms with Crippen LogP contribution < -0.4 is 19.5 Å². The van der Waals surface area contributed by atoms with Gasteiger partial charge in [0.2, 0.25) is 0 Å². The van der Waals surface area contributed by atoms with E-state index in [0.29, 0.717) is 71.1 Å². The Morgan fingerprint density at radius 2 is 1.72 bits per heavy atom. The minimum Gasteiger partial charge on any atom is -0.490 e. The van der Waals surface area contributed by atoms with E-state index >= 15 is 0 Å². The van der Waals surface area contributed by atoms with Crippen molar-refractivity contribution in [3.8, 4) is 17.2 Å². The molecular weight excluding hydrogens is 577 g/mol. The summed E-state index contributed by atoms with van der Waals surface area (Å²) in [6.45, 7) is 1.01. The normalized spacial score (nSPS) is 11.0. The molecule has 4 rings (SSSR count). The highest BCUT2D eigenvalue weighted by Crippen LogP contribution is 2.36. The average Bonchev–Trinajstić information content (AvgIpc) is 3.00. The van der Waals surface area contributed by atoms with E-state index in [1.54, 1.807) is 31.4 Å². The molecule has 0 saturated heterocycles. The highest BCUT2D eigenvalue weighted by molar-refractivity contribution is 6.32. The van der Waals surface area contributed by atoms with Crippen LogP contribution in [-0.2, 0) is 16.1 Å². The van der Waals surface area contributed by atoms with E-state index < -0.39 is 6.61 Å². The van der Waals surface area contributed by atoms with Crippen LogP contribution in [0.25, 0.3) is 10.9 Å². The quantitative estimate of drug-likeness (QED) is 0.119. The first-order chi connectivity index (χ1) is 21.0. The Balaban J connectivity index is 1.45. The van der Waals surface area contributed by atoms with Crippen LogP contribution in [0.15, 0.2) is 60.9 Å². The number of carbonyl (C=O) groups is 1. The number of nitrogens with one attached hydrogen (secondary N) is 1. The molecule has 0 spiro atoms. The van der Waals surface area contributed by atoms with Crippen molar-refractivity contribution in [1.82, 2.24) is 9.97 Å². The first kappa shape index (κ1) is 31.9. The van der Waals surface area contributed by atoms with E-state index in [-0.39, 0.29) is 18.2 Å². The van der Waals surface area contributed by atoms with Gasteiger partial charge in [-0.3, -0.25) is 4.79 Å². The van der Waals surface area contributed by atoms with E-state index in [4.69, 9.17) is 35.7 Å². The average molecular weight is 612 g/mol. The molecule has 3 aromatic carbocycles. The molecular formula is C32H35ClFN3O6. The number of rotatable bonds is 18. The van der Waals surface area contributed by atoms with E-state index in [0.717, 1.165) is 31.1 Å². The Bertz CT molecular complexity index is 1510. The zero-order valence-electron chi connectivity index (χ0n) is 24.0. The van der Waals surface area contributed by atoms with Crippen molar-refractivity contribution < 1.29 is 33.2 Å². The van der Waals surface area contributed by atoms with Crippen molar-refractivity contribution in [2.75, 3.05) is 38.9 Å². The molecule has 1 aromatic heterocycles. The molecule has 4 aromatic rings. The van der Waals surface area contributed by atoms with Gasteiger partial charge in [-0.25, -0.2) is 14.4 Å². The van der Waals surface area contributed by atoms with Crippen molar-refractivity contribution in [3.63, 3.8) is 0 Å². The minimum atomic E-state index is -0.401. The lowest BCUT2D eigenvalue weighted by Crippen LogP contribution is -2.07. The topological polar surface area (TPSA) is 112 Å². The van der Waals surface area contributed by atoms with E-state index in [1.807, 2.05) is 18.2 Å². The maximum atomic E-state index is 13.5. The summed E-state index contributed by atoms with van der Waals surface area (Å²) in [7, 11) is 1.61. The van der Waals surface area contributed by atoms with Crippen molar-refractivity contribution in [2.24, 2.45) is 0 Å². The van der Waals surface area contributed by atoms with Crippen LogP contribution in [0.1, 0.15) is 37.7 Å². The summed E-state index contributed by atoms with van der Waals surface area (Å²) >= 11 is 6.50. The van der Waals surface area contributed by atoms with Gasteiger partial charge < -0.3 is 29.4 Å². The van der Waals surface area contributed by atoms with Gasteiger partial charge in [0.15, 0.2) is 17.3 Å². The van der Waals surface area contributed by atoms with Crippen LogP contribution in [0.3, 0.4) is 0 Å². The number of aliphatic hydroxyl groups is 1. The van der Waals surface area contributed by atoms with Crippen LogP contribution in [-0.4, -0.2) is 54.4 Å². The number of carbonyl (C=O) groups excluding carboxylic acids is 1. The van der Waals surface area contributed by atoms with Gasteiger partial charge in [-0.05, 0) is 54.8 Å². The molecule has 1 heterocycles. The molecule has 0 fully saturated rings. The zero-order valence-corrected chi connectivity index (χ0v) is 24.7. The molecule has 228 valence electrons. The predicted molar refractivity (Wildman–Crippen MR) is 163 cm³/mol. The fourth-order valence-electron chi connectivity index (χ4n) is 4.28. The number of methoxy groups -OCH3 is 1. The summed E-state index contributed by atoms with van der Waals surface area (Å²) in [5.41, 5.74) is 2.04. The summed E-state index contributed by atoms with van der Waals surface area (Å²) in [4.78, 5) is 20.1. The fraction of sp³-hybridized carbons (Fsp3) is 0.344. The summed E-state index contributed by atoms with van der Waals surface area (Å²) < 4.78 is 36.4. The molecule has 0 amide bonds. The van der Waals surface area contributed by atoms with Gasteiger partial charge in [0.1, 0.15) is 43.5 Å². The molecule has 43 heavy (non-hydrogen) atoms. The molecule has 9 nitrogen and oxygen atoms in total. The van der Waals surface area contributed by atoms with Gasteiger partial charge >= 0.3 is 0 Å². The third-order valence-electron chi connectivity index (χ3n) is 6.51. The number of Topliss-reactive ketones (excluding diaryl/α,β-unsaturated/α-hetero) is 1. The number of ketones is 1. The summed E-state index contributed by atoms with van der Waals surface area (Å²) in [6.07, 6.45) is 5.17. The number of hydrogen-bond donors (Lipinski definition) is 2. The van der Waals surface area contributed by atoms with Crippen LogP contribution in [0.4, 0.5) is 15.9 Å². The molecule has 0 atom stereocenters. The van der Waals surface area contributed by atoms with Crippen molar-refractivity contribution in [2.45, 2.75) is 38.7 Å². The van der Waals surface area contributed by atoms with Crippen LogP contribution >= 0.6 is 11.6 Å². The predicted octanol–water partition coefficient (Wildman–Crippen LogP) is 6.66. The number of benzene rings is 3. The maximum absolute atomic E-state index is 13.5. The van der Waals surface area contributed by atoms with Crippen molar-refractivity contribution in [1.29, 1.82) is 0 Å². The van der Waals surface area contributed by atoms with Crippen molar-refractivity contribution in [3.05, 3.63) is 77.3 Å². The third-order valence-corrected chi connectivity index (χ3v) is 6.80. The number of aliphatic hydroxyl groups excluding tert-OH is 1. The standard InChI is InChI=1S/C32H35ClFN3O6/c1-40-13-14-42-31-18-28-26(17-30(31)41-12-5-3-2-4-9-25(39)19-38)32(36-21-35-28)37-24-10-11-29(27(33)16-24)43-20-22-7-6-8-23(34)15-22/h6-8,10-11,15-18,21,38H,2-5,9,12-14,19-20H2,1H3,(H,35,36,37). The first-order valence-electron chi connectivity index (χ1n) is 14.1. The van der Waals surface area contributed by atoms with Gasteiger partial charge in [0.25, 0.3) is 0 Å². The summed E-state index contributed by atoms with van der Waals surface area (Å²) in [6, 6.07) is 15.1. The Morgan fingerprint density at radius 3 is 2.51 bits per heavy atom. The number of fused-ring (bicyclic) bond motifs is 1. The number of nitrogens with zero attached hydrogens (tertiary/aromatic N) is 2. The SMILES string of the molecule is COCCOc1cc2ncnc(Nc3ccc(OCc4cccc(F)c4)c(Cl)c3)c2cc1OCCCCCCC(=O)CO. The lowest BCUT2D eigenvalue weighted by Gasteiger charge is -2.16. The molecule has 2 N–H and O–H groups in total. The Hall–Kier alpha value is -3.99. The number of anilines is 2. The van der Waals surface area contributed by atoms with Gasteiger partial charge in [-0.2, -0.15) is 0 Å². The Kier molecular flexibility index (Phi) is 12.3. The number of unbranched alkanes of at least 4 members (excludes halogenated alkanes) is 3. The summed E-state index contributed by atoms with van der Waals surface area (Å²) in [5.74, 6) is 1.66. The molecule has 0 radical (unpaired) electrons. The molecule has 0 unspecified atom stereocenters. The molecule has 0 aliphatic carbocycles. The Labute approximate surface area is 254 Å². The van der Waals surface area contributed by atoms with E-state index in [1.165, 1.54) is 18.5 Å². The number of hydrogen-bond acceptors (Lipinski definition) is 9. The second-order valence-electron chi connectivity index (χ2n) is 9.78. The lowest BCUT2D eigenvalue weighted by atomic mass is 10.1. The van der Waals surface area contributed by atoms with E-state index in [9.17, 15) is 9.18 Å². The van der Waals surface area contributed by atoms with Crippen LogP contribution in [0.2, 0.25) is 5.02 Å². The third kappa shape index (κ3) is 9.77. The second kappa shape index (κ2) is 16.6. The maximum Gasteiger partial charge on any atom is 0.163 e. The highest BCUT2D eigenvalue weighted by Gasteiger charge is 2.14. The number of ether oxygens (including phenoxy) is 4. The molecule has 0 bridgehead atoms. The van der Waals surface area contributed by atoms with Crippen LogP contribution in [0.5, 0.6) is 17.2 Å². The lowest BCUT2D eigenvalue weighted by molar-refractivity contribution is -0.121. The number of halogens is 2. The second-order valence-corrected chi connectivity index (χ2v) is 10.2. The van der Waals surface area contributed by atoms with Crippen molar-refractivity contribution >= 4 is 39.8 Å². The van der Waals surface area contributed by atoms with Gasteiger partial charge in [-0.1, -0.05) is 36.6 Å². The van der Waals surface area contributed by atoms with E-state index in [2.05, 4.69) is 15.3 Å². The molecule has 11 heteroatoms. The first-order valence-corrected chi connectivity index (χ1v) is 14.4. The molecule has 0 aliphatic heterocycles. The monoisotopic (exact) mass is 611 g/mol. The highest BCUT2D eigenvalue weighted by atomic mass is 35.5. The Morgan fingerprint density at radius 1 is 0.907 bits per heavy atom. The smallest absolute Gasteiger partial charge is 0.163 e. The van der Waals surface area contributed by atoms with Gasteiger partial charge in [-0.15, -0.1) is 0 Å². The van der Waals surface area contributed by atoms with Crippen LogP contribution in [0, 0.1) is 5.82 Å². The zero-order chi connectivity index (χ0) is 30.4. The summed E-state index contributed by atoms with van der Waals surface area (Å²) in [5, 5.41) is 13.3. The van der Waals surface area contributed by atoms with Gasteiger partial charge in [0, 0.05) is 30.7 Å². The minimum absolute atomic E-state index is 0.135. The molecule has 0 saturated carbocycles. The molecule has 0 aliphatic rings. The number of aromatic nitrogens is 2. The fourth-order valence-corrected chi connectivity index (χ4v) is 4.52.